The van der Waals surface area contributed by atoms with Gasteiger partial charge in [-0.1, -0.05) is 6.07 Å². The van der Waals surface area contributed by atoms with Gasteiger partial charge >= 0.3 is 0 Å². The molecule has 1 aliphatic rings. The van der Waals surface area contributed by atoms with E-state index in [0.29, 0.717) is 5.89 Å². The summed E-state index contributed by atoms with van der Waals surface area (Å²) < 4.78 is 13.0. The average Bonchev–Trinajstić information content (AvgIpc) is 3.29. The first-order valence-corrected chi connectivity index (χ1v) is 8.46. The fourth-order valence-corrected chi connectivity index (χ4v) is 3.24. The van der Waals surface area contributed by atoms with Gasteiger partial charge in [0.05, 0.1) is 19.3 Å². The van der Waals surface area contributed by atoms with Crippen molar-refractivity contribution < 1.29 is 9.15 Å². The number of hydrogen-bond acceptors (Lipinski definition) is 6. The highest BCUT2D eigenvalue weighted by atomic mass is 16.5. The third-order valence-electron chi connectivity index (χ3n) is 4.49. The van der Waals surface area contributed by atoms with Crippen LogP contribution in [0.2, 0.25) is 0 Å². The summed E-state index contributed by atoms with van der Waals surface area (Å²) in [6, 6.07) is 4.32. The fraction of sp³-hybridized carbons (Fsp3) is 0.389. The first-order valence-electron chi connectivity index (χ1n) is 8.46. The molecule has 1 atom stereocenters. The Balaban J connectivity index is 1.64. The van der Waals surface area contributed by atoms with Crippen LogP contribution < -0.4 is 0 Å². The minimum Gasteiger partial charge on any atom is -0.449 e. The van der Waals surface area contributed by atoms with E-state index in [-0.39, 0.29) is 6.04 Å². The highest BCUT2D eigenvalue weighted by molar-refractivity contribution is 5.47. The summed E-state index contributed by atoms with van der Waals surface area (Å²) in [6.07, 6.45) is 9.20. The topological polar surface area (TPSA) is 69.2 Å². The third-order valence-corrected chi connectivity index (χ3v) is 4.49. The molecule has 3 aromatic rings. The lowest BCUT2D eigenvalue weighted by Crippen LogP contribution is -2.40. The van der Waals surface area contributed by atoms with Crippen molar-refractivity contribution in [3.8, 4) is 11.5 Å². The molecule has 0 radical (unpaired) electrons. The number of hydrogen-bond donors (Lipinski definition) is 0. The molecule has 7 heteroatoms. The lowest BCUT2D eigenvalue weighted by atomic mass is 10.1. The Morgan fingerprint density at radius 2 is 2.12 bits per heavy atom. The largest absolute Gasteiger partial charge is 0.449 e. The van der Waals surface area contributed by atoms with Crippen molar-refractivity contribution in [3.63, 3.8) is 0 Å². The van der Waals surface area contributed by atoms with Gasteiger partial charge in [0.15, 0.2) is 11.7 Å². The zero-order valence-corrected chi connectivity index (χ0v) is 14.2. The van der Waals surface area contributed by atoms with Gasteiger partial charge < -0.3 is 13.7 Å². The summed E-state index contributed by atoms with van der Waals surface area (Å²) in [7, 11) is 0. The van der Waals surface area contributed by atoms with E-state index in [1.54, 1.807) is 18.7 Å². The Kier molecular flexibility index (Phi) is 4.58. The Labute approximate surface area is 146 Å². The SMILES string of the molecule is Cc1nc(-c2nccn2C[C@H](c2cccnc2)N2CCOCC2)co1. The van der Waals surface area contributed by atoms with E-state index in [4.69, 9.17) is 9.15 Å². The number of nitrogens with zero attached hydrogens (tertiary/aromatic N) is 5. The molecule has 3 aromatic heterocycles. The van der Waals surface area contributed by atoms with Gasteiger partial charge in [0, 0.05) is 51.3 Å². The van der Waals surface area contributed by atoms with Crippen LogP contribution in [0.1, 0.15) is 17.5 Å². The van der Waals surface area contributed by atoms with Crippen LogP contribution in [-0.2, 0) is 11.3 Å². The molecule has 0 amide bonds. The van der Waals surface area contributed by atoms with E-state index in [9.17, 15) is 0 Å². The van der Waals surface area contributed by atoms with Crippen molar-refractivity contribution in [1.82, 2.24) is 24.4 Å². The van der Waals surface area contributed by atoms with Crippen LogP contribution in [0, 0.1) is 6.92 Å². The average molecular weight is 339 g/mol. The minimum absolute atomic E-state index is 0.207. The lowest BCUT2D eigenvalue weighted by Gasteiger charge is -2.35. The molecule has 4 heterocycles. The minimum atomic E-state index is 0.207. The van der Waals surface area contributed by atoms with Crippen LogP contribution in [0.5, 0.6) is 0 Å². The highest BCUT2D eigenvalue weighted by Gasteiger charge is 2.24. The molecule has 1 fully saturated rings. The molecule has 4 rings (SSSR count). The van der Waals surface area contributed by atoms with Crippen molar-refractivity contribution in [2.45, 2.75) is 19.5 Å². The standard InChI is InChI=1S/C18H21N5O2/c1-14-21-16(13-25-14)18-20-5-6-23(18)12-17(15-3-2-4-19-11-15)22-7-9-24-10-8-22/h2-6,11,13,17H,7-10,12H2,1H3/t17-/m1/s1. The molecule has 0 spiro atoms. The number of rotatable bonds is 5. The summed E-state index contributed by atoms with van der Waals surface area (Å²) >= 11 is 0. The lowest BCUT2D eigenvalue weighted by molar-refractivity contribution is 0.0123. The first kappa shape index (κ1) is 16.0. The number of imidazole rings is 1. The summed E-state index contributed by atoms with van der Waals surface area (Å²) in [5, 5.41) is 0. The van der Waals surface area contributed by atoms with E-state index in [1.165, 1.54) is 5.56 Å². The molecule has 7 nitrogen and oxygen atoms in total. The number of ether oxygens (including phenoxy) is 1. The van der Waals surface area contributed by atoms with Gasteiger partial charge in [-0.2, -0.15) is 0 Å². The van der Waals surface area contributed by atoms with Gasteiger partial charge in [-0.05, 0) is 11.6 Å². The van der Waals surface area contributed by atoms with E-state index in [0.717, 1.165) is 44.4 Å². The van der Waals surface area contributed by atoms with Crippen molar-refractivity contribution in [2.75, 3.05) is 26.3 Å². The van der Waals surface area contributed by atoms with Gasteiger partial charge in [0.1, 0.15) is 12.0 Å². The Morgan fingerprint density at radius 1 is 1.24 bits per heavy atom. The van der Waals surface area contributed by atoms with Gasteiger partial charge in [0.2, 0.25) is 0 Å². The normalized spacial score (nSPS) is 16.8. The summed E-state index contributed by atoms with van der Waals surface area (Å²) in [5.74, 6) is 1.46. The van der Waals surface area contributed by atoms with E-state index >= 15 is 0 Å². The van der Waals surface area contributed by atoms with Crippen LogP contribution in [0.15, 0.2) is 47.6 Å². The summed E-state index contributed by atoms with van der Waals surface area (Å²) in [5.41, 5.74) is 1.95. The fourth-order valence-electron chi connectivity index (χ4n) is 3.24. The maximum atomic E-state index is 5.52. The van der Waals surface area contributed by atoms with Gasteiger partial charge in [-0.25, -0.2) is 9.97 Å². The van der Waals surface area contributed by atoms with Crippen LogP contribution in [0.25, 0.3) is 11.5 Å². The predicted molar refractivity (Wildman–Crippen MR) is 91.8 cm³/mol. The second kappa shape index (κ2) is 7.16. The van der Waals surface area contributed by atoms with Crippen LogP contribution >= 0.6 is 0 Å². The molecule has 1 saturated heterocycles. The highest BCUT2D eigenvalue weighted by Crippen LogP contribution is 2.26. The monoisotopic (exact) mass is 339 g/mol. The number of morpholine rings is 1. The van der Waals surface area contributed by atoms with Crippen molar-refractivity contribution in [3.05, 3.63) is 54.6 Å². The quantitative estimate of drug-likeness (QED) is 0.710. The van der Waals surface area contributed by atoms with Crippen LogP contribution in [0.3, 0.4) is 0 Å². The zero-order chi connectivity index (χ0) is 17.1. The summed E-state index contributed by atoms with van der Waals surface area (Å²) in [6.45, 7) is 5.95. The number of aryl methyl sites for hydroxylation is 1. The number of aromatic nitrogens is 4. The molecular formula is C18H21N5O2. The van der Waals surface area contributed by atoms with Crippen LogP contribution in [-0.4, -0.2) is 50.7 Å². The van der Waals surface area contributed by atoms with Gasteiger partial charge in [-0.3, -0.25) is 9.88 Å². The maximum Gasteiger partial charge on any atom is 0.191 e. The van der Waals surface area contributed by atoms with Crippen molar-refractivity contribution in [1.29, 1.82) is 0 Å². The van der Waals surface area contributed by atoms with Crippen LogP contribution in [0.4, 0.5) is 0 Å². The molecule has 130 valence electrons. The molecule has 0 bridgehead atoms. The Bertz CT molecular complexity index is 808. The maximum absolute atomic E-state index is 5.52. The molecule has 0 unspecified atom stereocenters. The smallest absolute Gasteiger partial charge is 0.191 e. The molecule has 0 N–H and O–H groups in total. The summed E-state index contributed by atoms with van der Waals surface area (Å²) in [4.78, 5) is 15.6. The number of oxazole rings is 1. The first-order chi connectivity index (χ1) is 12.3. The van der Waals surface area contributed by atoms with E-state index in [1.807, 2.05) is 25.4 Å². The zero-order valence-electron chi connectivity index (χ0n) is 14.2. The van der Waals surface area contributed by atoms with E-state index in [2.05, 4.69) is 30.5 Å². The van der Waals surface area contributed by atoms with Crippen molar-refractivity contribution in [2.24, 2.45) is 0 Å². The molecule has 0 aliphatic carbocycles. The van der Waals surface area contributed by atoms with Gasteiger partial charge in [0.25, 0.3) is 0 Å². The molecular weight excluding hydrogens is 318 g/mol. The molecule has 25 heavy (non-hydrogen) atoms. The van der Waals surface area contributed by atoms with E-state index < -0.39 is 0 Å². The molecule has 0 saturated carbocycles. The van der Waals surface area contributed by atoms with Crippen molar-refractivity contribution >= 4 is 0 Å². The number of pyridine rings is 1. The van der Waals surface area contributed by atoms with Gasteiger partial charge in [-0.15, -0.1) is 0 Å². The second-order valence-corrected chi connectivity index (χ2v) is 6.11. The molecule has 0 aromatic carbocycles. The predicted octanol–water partition coefficient (Wildman–Crippen LogP) is 2.32. The second-order valence-electron chi connectivity index (χ2n) is 6.11. The third kappa shape index (κ3) is 3.47. The Morgan fingerprint density at radius 3 is 2.84 bits per heavy atom. The molecule has 1 aliphatic heterocycles. The Hall–Kier alpha value is -2.51.